The van der Waals surface area contributed by atoms with E-state index in [-0.39, 0.29) is 5.91 Å². The lowest BCUT2D eigenvalue weighted by Crippen LogP contribution is -2.30. The summed E-state index contributed by atoms with van der Waals surface area (Å²) in [4.78, 5) is 12.3. The summed E-state index contributed by atoms with van der Waals surface area (Å²) in [7, 11) is 0. The van der Waals surface area contributed by atoms with E-state index < -0.39 is 6.10 Å². The minimum absolute atomic E-state index is 0.303. The van der Waals surface area contributed by atoms with Gasteiger partial charge in [0, 0.05) is 21.8 Å². The average Bonchev–Trinajstić information content (AvgIpc) is 2.53. The van der Waals surface area contributed by atoms with Crippen LogP contribution in [0.1, 0.15) is 6.92 Å². The van der Waals surface area contributed by atoms with Crippen molar-refractivity contribution in [1.82, 2.24) is 0 Å². The van der Waals surface area contributed by atoms with Crippen LogP contribution in [-0.4, -0.2) is 25.2 Å². The number of halogens is 2. The van der Waals surface area contributed by atoms with Gasteiger partial charge in [-0.3, -0.25) is 4.79 Å². The number of benzene rings is 2. The lowest BCUT2D eigenvalue weighted by Gasteiger charge is -2.20. The van der Waals surface area contributed by atoms with Gasteiger partial charge < -0.3 is 19.5 Å². The smallest absolute Gasteiger partial charge is 0.265 e. The number of anilines is 1. The Labute approximate surface area is 149 Å². The monoisotopic (exact) mass is 367 g/mol. The van der Waals surface area contributed by atoms with Crippen LogP contribution in [0.4, 0.5) is 5.69 Å². The van der Waals surface area contributed by atoms with Crippen LogP contribution in [0.15, 0.2) is 36.4 Å². The zero-order chi connectivity index (χ0) is 17.1. The Balaban J connectivity index is 1.65. The highest BCUT2D eigenvalue weighted by Crippen LogP contribution is 2.32. The summed E-state index contributed by atoms with van der Waals surface area (Å²) < 4.78 is 16.5. The molecule has 0 spiro atoms. The maximum atomic E-state index is 12.3. The second-order valence-corrected chi connectivity index (χ2v) is 6.09. The van der Waals surface area contributed by atoms with E-state index in [4.69, 9.17) is 37.4 Å². The molecule has 1 atom stereocenters. The van der Waals surface area contributed by atoms with Crippen molar-refractivity contribution in [2.45, 2.75) is 13.0 Å². The fourth-order valence-corrected chi connectivity index (χ4v) is 2.73. The predicted octanol–water partition coefficient (Wildman–Crippen LogP) is 4.17. The molecule has 0 radical (unpaired) electrons. The molecule has 0 aliphatic carbocycles. The number of rotatable bonds is 4. The molecule has 7 heteroatoms. The van der Waals surface area contributed by atoms with E-state index in [0.717, 1.165) is 0 Å². The van der Waals surface area contributed by atoms with Crippen molar-refractivity contribution in [3.63, 3.8) is 0 Å². The van der Waals surface area contributed by atoms with Gasteiger partial charge in [0.05, 0.1) is 0 Å². The van der Waals surface area contributed by atoms with Crippen molar-refractivity contribution >= 4 is 34.8 Å². The first-order chi connectivity index (χ1) is 11.5. The Morgan fingerprint density at radius 3 is 2.46 bits per heavy atom. The van der Waals surface area contributed by atoms with Gasteiger partial charge in [0.2, 0.25) is 0 Å². The maximum absolute atomic E-state index is 12.3. The Bertz CT molecular complexity index is 746. The molecule has 1 heterocycles. The molecular formula is C17H15Cl2NO4. The molecule has 0 fully saturated rings. The SMILES string of the molecule is C[C@H](Oc1cc(Cl)cc(Cl)c1)C(=O)Nc1ccc2c(c1)OCCO2. The molecular weight excluding hydrogens is 353 g/mol. The van der Waals surface area contributed by atoms with E-state index in [1.165, 1.54) is 0 Å². The molecule has 126 valence electrons. The van der Waals surface area contributed by atoms with E-state index in [1.54, 1.807) is 43.3 Å². The van der Waals surface area contributed by atoms with E-state index in [2.05, 4.69) is 5.32 Å². The third kappa shape index (κ3) is 4.04. The van der Waals surface area contributed by atoms with Crippen LogP contribution >= 0.6 is 23.2 Å². The molecule has 0 saturated carbocycles. The summed E-state index contributed by atoms with van der Waals surface area (Å²) >= 11 is 11.8. The summed E-state index contributed by atoms with van der Waals surface area (Å²) in [6.07, 6.45) is -0.729. The van der Waals surface area contributed by atoms with Gasteiger partial charge in [-0.25, -0.2) is 0 Å². The first kappa shape index (κ1) is 16.7. The van der Waals surface area contributed by atoms with E-state index in [1.807, 2.05) is 0 Å². The zero-order valence-corrected chi connectivity index (χ0v) is 14.4. The quantitative estimate of drug-likeness (QED) is 0.880. The molecule has 5 nitrogen and oxygen atoms in total. The van der Waals surface area contributed by atoms with Crippen molar-refractivity contribution in [2.75, 3.05) is 18.5 Å². The Kier molecular flexibility index (Phi) is 5.02. The van der Waals surface area contributed by atoms with Gasteiger partial charge in [-0.05, 0) is 37.3 Å². The molecule has 1 aliphatic heterocycles. The van der Waals surface area contributed by atoms with Gasteiger partial charge in [-0.2, -0.15) is 0 Å². The molecule has 0 unspecified atom stereocenters. The highest BCUT2D eigenvalue weighted by Gasteiger charge is 2.17. The normalized spacial score (nSPS) is 14.0. The van der Waals surface area contributed by atoms with Crippen molar-refractivity contribution in [3.8, 4) is 17.2 Å². The standard InChI is InChI=1S/C17H15Cl2NO4/c1-10(24-14-7-11(18)6-12(19)8-14)17(21)20-13-2-3-15-16(9-13)23-5-4-22-15/h2-3,6-10H,4-5H2,1H3,(H,20,21)/t10-/m0/s1. The predicted molar refractivity (Wildman–Crippen MR) is 92.6 cm³/mol. The highest BCUT2D eigenvalue weighted by atomic mass is 35.5. The number of hydrogen-bond donors (Lipinski definition) is 1. The number of carbonyl (C=O) groups is 1. The second-order valence-electron chi connectivity index (χ2n) is 5.21. The van der Waals surface area contributed by atoms with Crippen LogP contribution in [-0.2, 0) is 4.79 Å². The number of hydrogen-bond acceptors (Lipinski definition) is 4. The largest absolute Gasteiger partial charge is 0.486 e. The van der Waals surface area contributed by atoms with Gasteiger partial charge in [0.15, 0.2) is 17.6 Å². The Morgan fingerprint density at radius 2 is 1.75 bits per heavy atom. The van der Waals surface area contributed by atoms with Crippen LogP contribution in [0.25, 0.3) is 0 Å². The summed E-state index contributed by atoms with van der Waals surface area (Å²) in [6, 6.07) is 10.0. The molecule has 0 bridgehead atoms. The molecule has 2 aromatic carbocycles. The van der Waals surface area contributed by atoms with Crippen molar-refractivity contribution in [1.29, 1.82) is 0 Å². The van der Waals surface area contributed by atoms with Crippen molar-refractivity contribution < 1.29 is 19.0 Å². The first-order valence-electron chi connectivity index (χ1n) is 7.34. The number of fused-ring (bicyclic) bond motifs is 1. The van der Waals surface area contributed by atoms with E-state index in [0.29, 0.717) is 46.2 Å². The van der Waals surface area contributed by atoms with Crippen molar-refractivity contribution in [3.05, 3.63) is 46.4 Å². The fourth-order valence-electron chi connectivity index (χ4n) is 2.22. The summed E-state index contributed by atoms with van der Waals surface area (Å²) in [5.74, 6) is 1.39. The topological polar surface area (TPSA) is 56.8 Å². The van der Waals surface area contributed by atoms with Gasteiger partial charge in [-0.1, -0.05) is 23.2 Å². The third-order valence-corrected chi connectivity index (χ3v) is 3.76. The Morgan fingerprint density at radius 1 is 1.08 bits per heavy atom. The lowest BCUT2D eigenvalue weighted by atomic mass is 10.2. The number of ether oxygens (including phenoxy) is 3. The number of amides is 1. The summed E-state index contributed by atoms with van der Waals surface area (Å²) in [6.45, 7) is 2.65. The summed E-state index contributed by atoms with van der Waals surface area (Å²) in [5.41, 5.74) is 0.601. The number of carbonyl (C=O) groups excluding carboxylic acids is 1. The van der Waals surface area contributed by atoms with Crippen LogP contribution < -0.4 is 19.5 Å². The van der Waals surface area contributed by atoms with Gasteiger partial charge in [-0.15, -0.1) is 0 Å². The van der Waals surface area contributed by atoms with Crippen LogP contribution in [0, 0.1) is 0 Å². The van der Waals surface area contributed by atoms with Gasteiger partial charge in [0.25, 0.3) is 5.91 Å². The first-order valence-corrected chi connectivity index (χ1v) is 8.10. The average molecular weight is 368 g/mol. The third-order valence-electron chi connectivity index (χ3n) is 3.33. The Hall–Kier alpha value is -2.11. The molecule has 1 N–H and O–H groups in total. The van der Waals surface area contributed by atoms with Crippen LogP contribution in [0.3, 0.4) is 0 Å². The molecule has 2 aromatic rings. The van der Waals surface area contributed by atoms with Crippen molar-refractivity contribution in [2.24, 2.45) is 0 Å². The van der Waals surface area contributed by atoms with Crippen LogP contribution in [0.2, 0.25) is 10.0 Å². The molecule has 0 aromatic heterocycles. The minimum Gasteiger partial charge on any atom is -0.486 e. The van der Waals surface area contributed by atoms with Crippen LogP contribution in [0.5, 0.6) is 17.2 Å². The highest BCUT2D eigenvalue weighted by molar-refractivity contribution is 6.34. The summed E-state index contributed by atoms with van der Waals surface area (Å²) in [5, 5.41) is 3.66. The molecule has 0 saturated heterocycles. The number of nitrogens with one attached hydrogen (secondary N) is 1. The molecule has 1 amide bonds. The van der Waals surface area contributed by atoms with E-state index in [9.17, 15) is 4.79 Å². The zero-order valence-electron chi connectivity index (χ0n) is 12.8. The van der Waals surface area contributed by atoms with Gasteiger partial charge >= 0.3 is 0 Å². The lowest BCUT2D eigenvalue weighted by molar-refractivity contribution is -0.122. The maximum Gasteiger partial charge on any atom is 0.265 e. The molecule has 1 aliphatic rings. The molecule has 3 rings (SSSR count). The molecule has 24 heavy (non-hydrogen) atoms. The van der Waals surface area contributed by atoms with E-state index >= 15 is 0 Å². The fraction of sp³-hybridized carbons (Fsp3) is 0.235. The second kappa shape index (κ2) is 7.20. The van der Waals surface area contributed by atoms with Gasteiger partial charge in [0.1, 0.15) is 19.0 Å². The minimum atomic E-state index is -0.729.